The van der Waals surface area contributed by atoms with Crippen LogP contribution in [-0.2, 0) is 5.41 Å². The second-order valence-corrected chi connectivity index (χ2v) is 7.22. The van der Waals surface area contributed by atoms with Crippen LogP contribution in [0.1, 0.15) is 47.3 Å². The summed E-state index contributed by atoms with van der Waals surface area (Å²) in [6.45, 7) is 3.72. The molecule has 2 aromatic rings. The number of nitrogens with one attached hydrogen (secondary N) is 1. The van der Waals surface area contributed by atoms with Crippen molar-refractivity contribution < 1.29 is 14.3 Å². The van der Waals surface area contributed by atoms with Crippen LogP contribution >= 0.6 is 0 Å². The lowest BCUT2D eigenvalue weighted by molar-refractivity contribution is 0.0942. The van der Waals surface area contributed by atoms with Gasteiger partial charge < -0.3 is 14.8 Å². The number of ether oxygens (including phenoxy) is 2. The van der Waals surface area contributed by atoms with Crippen molar-refractivity contribution in [3.8, 4) is 11.5 Å². The number of hydrogen-bond acceptors (Lipinski definition) is 4. The molecule has 0 spiro atoms. The summed E-state index contributed by atoms with van der Waals surface area (Å²) in [5.74, 6) is 1.55. The lowest BCUT2D eigenvalue weighted by Gasteiger charge is -2.31. The van der Waals surface area contributed by atoms with Gasteiger partial charge in [0.05, 0.1) is 5.56 Å². The topological polar surface area (TPSA) is 60.5 Å². The van der Waals surface area contributed by atoms with Gasteiger partial charge in [0, 0.05) is 23.9 Å². The number of rotatable bonds is 4. The van der Waals surface area contributed by atoms with E-state index in [4.69, 9.17) is 9.47 Å². The van der Waals surface area contributed by atoms with E-state index < -0.39 is 0 Å². The first-order valence-electron chi connectivity index (χ1n) is 9.27. The second-order valence-electron chi connectivity index (χ2n) is 7.22. The molecule has 136 valence electrons. The predicted octanol–water partition coefficient (Wildman–Crippen LogP) is 3.40. The minimum atomic E-state index is -0.0682. The van der Waals surface area contributed by atoms with E-state index in [-0.39, 0.29) is 11.3 Å². The van der Waals surface area contributed by atoms with E-state index in [0.29, 0.717) is 25.3 Å². The summed E-state index contributed by atoms with van der Waals surface area (Å²) in [7, 11) is 0. The molecular weight excluding hydrogens is 328 g/mol. The molecule has 1 aromatic carbocycles. The maximum Gasteiger partial charge on any atom is 0.252 e. The van der Waals surface area contributed by atoms with Gasteiger partial charge in [-0.1, -0.05) is 18.9 Å². The number of aryl methyl sites for hydroxylation is 1. The summed E-state index contributed by atoms with van der Waals surface area (Å²) in [4.78, 5) is 16.7. The van der Waals surface area contributed by atoms with Crippen LogP contribution < -0.4 is 14.8 Å². The van der Waals surface area contributed by atoms with Crippen LogP contribution in [0.4, 0.5) is 0 Å². The van der Waals surface area contributed by atoms with Crippen LogP contribution in [0.5, 0.6) is 11.5 Å². The first kappa shape index (κ1) is 16.9. The van der Waals surface area contributed by atoms with Crippen molar-refractivity contribution >= 4 is 5.91 Å². The number of pyridine rings is 1. The zero-order chi connectivity index (χ0) is 18.0. The van der Waals surface area contributed by atoms with Gasteiger partial charge >= 0.3 is 0 Å². The molecular formula is C21H24N2O3. The molecule has 0 atom stereocenters. The Labute approximate surface area is 153 Å². The smallest absolute Gasteiger partial charge is 0.252 e. The Kier molecular flexibility index (Phi) is 4.53. The third kappa shape index (κ3) is 3.26. The molecule has 0 radical (unpaired) electrons. The molecule has 5 nitrogen and oxygen atoms in total. The maximum absolute atomic E-state index is 12.5. The molecule has 26 heavy (non-hydrogen) atoms. The van der Waals surface area contributed by atoms with E-state index >= 15 is 0 Å². The zero-order valence-electron chi connectivity index (χ0n) is 15.1. The maximum atomic E-state index is 12.5. The van der Waals surface area contributed by atoms with Gasteiger partial charge in [-0.15, -0.1) is 0 Å². The Hall–Kier alpha value is -2.56. The molecule has 0 unspecified atom stereocenters. The van der Waals surface area contributed by atoms with Gasteiger partial charge in [0.1, 0.15) is 13.2 Å². The molecule has 4 rings (SSSR count). The van der Waals surface area contributed by atoms with Gasteiger partial charge in [0.25, 0.3) is 5.91 Å². The molecule has 2 aliphatic rings. The summed E-state index contributed by atoms with van der Waals surface area (Å²) < 4.78 is 11.4. The fourth-order valence-corrected chi connectivity index (χ4v) is 3.95. The van der Waals surface area contributed by atoms with Gasteiger partial charge in [0.15, 0.2) is 11.5 Å². The first-order chi connectivity index (χ1) is 12.7. The highest BCUT2D eigenvalue weighted by Gasteiger charge is 2.36. The number of amides is 1. The number of hydrogen-bond donors (Lipinski definition) is 1. The Morgan fingerprint density at radius 2 is 1.88 bits per heavy atom. The predicted molar refractivity (Wildman–Crippen MR) is 98.9 cm³/mol. The van der Waals surface area contributed by atoms with Gasteiger partial charge in [-0.25, -0.2) is 0 Å². The van der Waals surface area contributed by atoms with Crippen molar-refractivity contribution in [3.05, 3.63) is 53.3 Å². The van der Waals surface area contributed by atoms with Crippen LogP contribution in [0.25, 0.3) is 0 Å². The summed E-state index contributed by atoms with van der Waals surface area (Å²) in [5, 5.41) is 3.13. The summed E-state index contributed by atoms with van der Waals surface area (Å²) in [5.41, 5.74) is 2.70. The van der Waals surface area contributed by atoms with Crippen molar-refractivity contribution in [2.45, 2.75) is 38.0 Å². The standard InChI is InChI=1S/C21H24N2O3/c1-15-4-5-16(13-22-15)20(24)23-14-21(8-2-3-9-21)17-6-7-18-19(12-17)26-11-10-25-18/h4-7,12-13H,2-3,8-11,14H2,1H3,(H,23,24). The molecule has 1 aliphatic heterocycles. The van der Waals surface area contributed by atoms with Crippen molar-refractivity contribution in [3.63, 3.8) is 0 Å². The number of aromatic nitrogens is 1. The van der Waals surface area contributed by atoms with E-state index in [1.807, 2.05) is 25.1 Å². The minimum absolute atomic E-state index is 0.0381. The second kappa shape index (κ2) is 6.98. The highest BCUT2D eigenvalue weighted by atomic mass is 16.6. The normalized spacial score (nSPS) is 17.7. The van der Waals surface area contributed by atoms with E-state index in [2.05, 4.69) is 22.4 Å². The number of carbonyl (C=O) groups excluding carboxylic acids is 1. The molecule has 1 saturated carbocycles. The van der Waals surface area contributed by atoms with Crippen LogP contribution in [0, 0.1) is 6.92 Å². The molecule has 0 saturated heterocycles. The summed E-state index contributed by atoms with van der Waals surface area (Å²) in [6.07, 6.45) is 6.13. The van der Waals surface area contributed by atoms with Crippen LogP contribution in [0.2, 0.25) is 0 Å². The highest BCUT2D eigenvalue weighted by molar-refractivity contribution is 5.93. The Balaban J connectivity index is 1.53. The van der Waals surface area contributed by atoms with Gasteiger partial charge in [-0.05, 0) is 49.6 Å². The molecule has 1 N–H and O–H groups in total. The van der Waals surface area contributed by atoms with Crippen LogP contribution in [0.15, 0.2) is 36.5 Å². The van der Waals surface area contributed by atoms with E-state index in [1.54, 1.807) is 6.20 Å². The van der Waals surface area contributed by atoms with E-state index in [9.17, 15) is 4.79 Å². The average Bonchev–Trinajstić information content (AvgIpc) is 3.16. The van der Waals surface area contributed by atoms with E-state index in [0.717, 1.165) is 30.0 Å². The first-order valence-corrected chi connectivity index (χ1v) is 9.27. The molecule has 1 amide bonds. The largest absolute Gasteiger partial charge is 0.486 e. The molecule has 2 heterocycles. The Bertz CT molecular complexity index is 795. The third-order valence-electron chi connectivity index (χ3n) is 5.48. The summed E-state index contributed by atoms with van der Waals surface area (Å²) in [6, 6.07) is 9.90. The fourth-order valence-electron chi connectivity index (χ4n) is 3.95. The number of fused-ring (bicyclic) bond motifs is 1. The average molecular weight is 352 g/mol. The van der Waals surface area contributed by atoms with Crippen molar-refractivity contribution in [1.82, 2.24) is 10.3 Å². The van der Waals surface area contributed by atoms with Crippen LogP contribution in [0.3, 0.4) is 0 Å². The molecule has 1 fully saturated rings. The monoisotopic (exact) mass is 352 g/mol. The lowest BCUT2D eigenvalue weighted by atomic mass is 9.78. The number of nitrogens with zero attached hydrogens (tertiary/aromatic N) is 1. The molecule has 5 heteroatoms. The third-order valence-corrected chi connectivity index (χ3v) is 5.48. The van der Waals surface area contributed by atoms with Gasteiger partial charge in [0.2, 0.25) is 0 Å². The summed E-state index contributed by atoms with van der Waals surface area (Å²) >= 11 is 0. The van der Waals surface area contributed by atoms with E-state index in [1.165, 1.54) is 18.4 Å². The van der Waals surface area contributed by atoms with Gasteiger partial charge in [-0.3, -0.25) is 9.78 Å². The highest BCUT2D eigenvalue weighted by Crippen LogP contribution is 2.43. The van der Waals surface area contributed by atoms with Crippen LogP contribution in [-0.4, -0.2) is 30.6 Å². The zero-order valence-corrected chi connectivity index (χ0v) is 15.1. The molecule has 1 aromatic heterocycles. The Morgan fingerprint density at radius 1 is 1.12 bits per heavy atom. The minimum Gasteiger partial charge on any atom is -0.486 e. The van der Waals surface area contributed by atoms with Crippen molar-refractivity contribution in [1.29, 1.82) is 0 Å². The van der Waals surface area contributed by atoms with Crippen molar-refractivity contribution in [2.75, 3.05) is 19.8 Å². The SMILES string of the molecule is Cc1ccc(C(=O)NCC2(c3ccc4c(c3)OCCO4)CCCC2)cn1. The molecule has 0 bridgehead atoms. The number of benzene rings is 1. The number of carbonyl (C=O) groups is 1. The van der Waals surface area contributed by atoms with Gasteiger partial charge in [-0.2, -0.15) is 0 Å². The fraction of sp³-hybridized carbons (Fsp3) is 0.429. The van der Waals surface area contributed by atoms with Crippen molar-refractivity contribution in [2.24, 2.45) is 0 Å². The quantitative estimate of drug-likeness (QED) is 0.916. The Morgan fingerprint density at radius 3 is 2.62 bits per heavy atom. The molecule has 1 aliphatic carbocycles. The lowest BCUT2D eigenvalue weighted by Crippen LogP contribution is -2.39.